The van der Waals surface area contributed by atoms with E-state index in [0.29, 0.717) is 6.54 Å². The van der Waals surface area contributed by atoms with Gasteiger partial charge >= 0.3 is 0 Å². The average Bonchev–Trinajstić information content (AvgIpc) is 2.05. The first kappa shape index (κ1) is 12.8. The summed E-state index contributed by atoms with van der Waals surface area (Å²) < 4.78 is 0. The van der Waals surface area contributed by atoms with Gasteiger partial charge in [-0.25, -0.2) is 0 Å². The zero-order valence-electron chi connectivity index (χ0n) is 8.96. The summed E-state index contributed by atoms with van der Waals surface area (Å²) in [6.45, 7) is 9.15. The van der Waals surface area contributed by atoms with Crippen LogP contribution in [-0.2, 0) is 0 Å². The second-order valence-corrected chi connectivity index (χ2v) is 4.68. The topological polar surface area (TPSA) is 46.3 Å². The fourth-order valence-electron chi connectivity index (χ4n) is 1.12. The first-order valence-corrected chi connectivity index (χ1v) is 5.62. The van der Waals surface area contributed by atoms with Crippen molar-refractivity contribution in [3.05, 3.63) is 0 Å². The Morgan fingerprint density at radius 1 is 1.46 bits per heavy atom. The number of likely N-dealkylation sites (N-methyl/N-ethyl adjacent to an activating group) is 1. The van der Waals surface area contributed by atoms with Crippen LogP contribution in [-0.4, -0.2) is 34.5 Å². The van der Waals surface area contributed by atoms with Crippen molar-refractivity contribution in [1.82, 2.24) is 4.90 Å². The third kappa shape index (κ3) is 3.56. The molecule has 4 heteroatoms. The molecule has 0 aromatic carbocycles. The Morgan fingerprint density at radius 3 is 2.31 bits per heavy atom. The van der Waals surface area contributed by atoms with Crippen LogP contribution in [0, 0.1) is 0 Å². The van der Waals surface area contributed by atoms with Crippen LogP contribution in [0.5, 0.6) is 0 Å². The summed E-state index contributed by atoms with van der Waals surface area (Å²) in [6.07, 6.45) is 0. The van der Waals surface area contributed by atoms with Gasteiger partial charge in [-0.05, 0) is 26.5 Å². The number of nitrogens with two attached hydrogens (primary N) is 1. The van der Waals surface area contributed by atoms with Gasteiger partial charge in [0.15, 0.2) is 0 Å². The Labute approximate surface area is 85.0 Å². The second-order valence-electron chi connectivity index (χ2n) is 3.46. The van der Waals surface area contributed by atoms with E-state index in [4.69, 9.17) is 5.73 Å². The normalized spacial score (nSPS) is 11.5. The quantitative estimate of drug-likeness (QED) is 0.761. The predicted molar refractivity (Wildman–Crippen MR) is 59.0 cm³/mol. The van der Waals surface area contributed by atoms with Gasteiger partial charge in [-0.3, -0.25) is 4.79 Å². The highest BCUT2D eigenvalue weighted by Gasteiger charge is 2.27. The van der Waals surface area contributed by atoms with Crippen LogP contribution < -0.4 is 5.73 Å². The SMILES string of the molecule is CCSC(=O)N(CC)C(C)(C)CN. The van der Waals surface area contributed by atoms with Gasteiger partial charge in [0.1, 0.15) is 0 Å². The lowest BCUT2D eigenvalue weighted by Gasteiger charge is -2.36. The summed E-state index contributed by atoms with van der Waals surface area (Å²) in [5.41, 5.74) is 5.39. The zero-order valence-corrected chi connectivity index (χ0v) is 9.78. The Kier molecular flexibility index (Phi) is 5.40. The minimum atomic E-state index is -0.228. The van der Waals surface area contributed by atoms with Crippen LogP contribution in [0.1, 0.15) is 27.7 Å². The van der Waals surface area contributed by atoms with Crippen molar-refractivity contribution in [2.75, 3.05) is 18.8 Å². The van der Waals surface area contributed by atoms with Gasteiger partial charge in [-0.2, -0.15) is 0 Å². The molecule has 0 fully saturated rings. The molecule has 0 radical (unpaired) electrons. The summed E-state index contributed by atoms with van der Waals surface area (Å²) in [5.74, 6) is 0.815. The molecule has 0 saturated heterocycles. The minimum absolute atomic E-state index is 0.125. The maximum absolute atomic E-state index is 11.6. The van der Waals surface area contributed by atoms with Crippen LogP contribution in [0.2, 0.25) is 0 Å². The largest absolute Gasteiger partial charge is 0.328 e. The van der Waals surface area contributed by atoms with Crippen molar-refractivity contribution in [3.8, 4) is 0 Å². The third-order valence-electron chi connectivity index (χ3n) is 2.03. The molecule has 3 nitrogen and oxygen atoms in total. The van der Waals surface area contributed by atoms with E-state index in [9.17, 15) is 4.79 Å². The molecule has 0 atom stereocenters. The Bertz CT molecular complexity index is 171. The van der Waals surface area contributed by atoms with Crippen molar-refractivity contribution in [1.29, 1.82) is 0 Å². The molecule has 0 unspecified atom stereocenters. The minimum Gasteiger partial charge on any atom is -0.328 e. The van der Waals surface area contributed by atoms with Crippen molar-refractivity contribution in [2.24, 2.45) is 5.73 Å². The predicted octanol–water partition coefficient (Wildman–Crippen LogP) is 1.92. The first-order valence-electron chi connectivity index (χ1n) is 4.64. The molecule has 0 heterocycles. The highest BCUT2D eigenvalue weighted by atomic mass is 32.2. The maximum Gasteiger partial charge on any atom is 0.282 e. The molecular weight excluding hydrogens is 184 g/mol. The van der Waals surface area contributed by atoms with E-state index in [1.807, 2.05) is 32.6 Å². The van der Waals surface area contributed by atoms with Gasteiger partial charge in [0.25, 0.3) is 5.24 Å². The van der Waals surface area contributed by atoms with Gasteiger partial charge in [-0.1, -0.05) is 18.7 Å². The fourth-order valence-corrected chi connectivity index (χ4v) is 1.89. The number of carbonyl (C=O) groups excluding carboxylic acids is 1. The third-order valence-corrected chi connectivity index (χ3v) is 2.79. The Morgan fingerprint density at radius 2 is 2.00 bits per heavy atom. The average molecular weight is 204 g/mol. The summed E-state index contributed by atoms with van der Waals surface area (Å²) >= 11 is 1.34. The van der Waals surface area contributed by atoms with Gasteiger partial charge in [-0.15, -0.1) is 0 Å². The fraction of sp³-hybridized carbons (Fsp3) is 0.889. The number of nitrogens with zero attached hydrogens (tertiary/aromatic N) is 1. The van der Waals surface area contributed by atoms with E-state index in [1.165, 1.54) is 11.8 Å². The Hall–Kier alpha value is -0.220. The molecular formula is C9H20N2OS. The molecule has 0 rings (SSSR count). The standard InChI is InChI=1S/C9H20N2OS/c1-5-11(8(12)13-6-2)9(3,4)7-10/h5-7,10H2,1-4H3. The summed E-state index contributed by atoms with van der Waals surface area (Å²) in [4.78, 5) is 13.4. The summed E-state index contributed by atoms with van der Waals surface area (Å²) in [7, 11) is 0. The van der Waals surface area contributed by atoms with Crippen LogP contribution in [0.15, 0.2) is 0 Å². The zero-order chi connectivity index (χ0) is 10.5. The van der Waals surface area contributed by atoms with Crippen LogP contribution in [0.3, 0.4) is 0 Å². The molecule has 0 aromatic rings. The van der Waals surface area contributed by atoms with E-state index in [2.05, 4.69) is 0 Å². The number of hydrogen-bond acceptors (Lipinski definition) is 3. The van der Waals surface area contributed by atoms with Crippen molar-refractivity contribution < 1.29 is 4.79 Å². The van der Waals surface area contributed by atoms with Crippen molar-refractivity contribution >= 4 is 17.0 Å². The van der Waals surface area contributed by atoms with Crippen LogP contribution in [0.25, 0.3) is 0 Å². The molecule has 0 aromatic heterocycles. The highest BCUT2D eigenvalue weighted by Crippen LogP contribution is 2.18. The molecule has 1 amide bonds. The van der Waals surface area contributed by atoms with Gasteiger partial charge in [0.2, 0.25) is 0 Å². The molecule has 0 aliphatic carbocycles. The highest BCUT2D eigenvalue weighted by molar-refractivity contribution is 8.13. The molecule has 78 valence electrons. The van der Waals surface area contributed by atoms with Gasteiger partial charge in [0, 0.05) is 13.1 Å². The van der Waals surface area contributed by atoms with Crippen molar-refractivity contribution in [3.63, 3.8) is 0 Å². The number of rotatable bonds is 4. The molecule has 13 heavy (non-hydrogen) atoms. The molecule has 0 saturated carbocycles. The maximum atomic E-state index is 11.6. The van der Waals surface area contributed by atoms with Crippen LogP contribution in [0.4, 0.5) is 4.79 Å². The first-order chi connectivity index (χ1) is 5.99. The Balaban J connectivity index is 4.40. The number of amides is 1. The van der Waals surface area contributed by atoms with E-state index in [1.54, 1.807) is 0 Å². The number of hydrogen-bond donors (Lipinski definition) is 1. The van der Waals surface area contributed by atoms with Crippen molar-refractivity contribution in [2.45, 2.75) is 33.2 Å². The van der Waals surface area contributed by atoms with E-state index in [-0.39, 0.29) is 10.8 Å². The monoisotopic (exact) mass is 204 g/mol. The van der Waals surface area contributed by atoms with E-state index in [0.717, 1.165) is 12.3 Å². The number of thioether (sulfide) groups is 1. The molecule has 0 aliphatic rings. The molecule has 2 N–H and O–H groups in total. The molecule has 0 aliphatic heterocycles. The molecule has 0 bridgehead atoms. The van der Waals surface area contributed by atoms with E-state index < -0.39 is 0 Å². The summed E-state index contributed by atoms with van der Waals surface area (Å²) in [6, 6.07) is 0. The van der Waals surface area contributed by atoms with Crippen LogP contribution >= 0.6 is 11.8 Å². The second kappa shape index (κ2) is 5.50. The van der Waals surface area contributed by atoms with E-state index >= 15 is 0 Å². The van der Waals surface area contributed by atoms with Gasteiger partial charge < -0.3 is 10.6 Å². The lowest BCUT2D eigenvalue weighted by atomic mass is 10.0. The lowest BCUT2D eigenvalue weighted by Crippen LogP contribution is -2.50. The smallest absolute Gasteiger partial charge is 0.282 e. The lowest BCUT2D eigenvalue weighted by molar-refractivity contribution is 0.166. The number of carbonyl (C=O) groups is 1. The summed E-state index contributed by atoms with van der Waals surface area (Å²) in [5, 5.41) is 0.125. The molecule has 0 spiro atoms. The van der Waals surface area contributed by atoms with Gasteiger partial charge in [0.05, 0.1) is 5.54 Å².